The van der Waals surface area contributed by atoms with Crippen LogP contribution in [0.25, 0.3) is 0 Å². The average molecular weight is 244 g/mol. The van der Waals surface area contributed by atoms with Crippen molar-refractivity contribution in [3.8, 4) is 0 Å². The van der Waals surface area contributed by atoms with Crippen molar-refractivity contribution in [3.63, 3.8) is 0 Å². The van der Waals surface area contributed by atoms with Gasteiger partial charge in [-0.1, -0.05) is 32.4 Å². The monoisotopic (exact) mass is 244 g/mol. The molecule has 0 aliphatic heterocycles. The van der Waals surface area contributed by atoms with Crippen LogP contribution in [0.3, 0.4) is 0 Å². The summed E-state index contributed by atoms with van der Waals surface area (Å²) in [4.78, 5) is 4.19. The van der Waals surface area contributed by atoms with E-state index in [9.17, 15) is 0 Å². The lowest BCUT2D eigenvalue weighted by atomic mass is 9.57. The predicted molar refractivity (Wildman–Crippen MR) is 74.3 cm³/mol. The standard InChI is InChI=1S/C16H24N2/c1-12-4-5-14-10-15(18-9-8-17-11-18)6-7-16(14,3)13(12)2/h5,8-9,11-13,15H,4,6-7,10H2,1-3H3/t12?,13?,15-,16-/m1/s1. The van der Waals surface area contributed by atoms with Crippen LogP contribution in [0.4, 0.5) is 0 Å². The lowest BCUT2D eigenvalue weighted by molar-refractivity contribution is 0.116. The van der Waals surface area contributed by atoms with Crippen molar-refractivity contribution in [2.75, 3.05) is 0 Å². The molecule has 18 heavy (non-hydrogen) atoms. The van der Waals surface area contributed by atoms with Gasteiger partial charge in [0.05, 0.1) is 6.33 Å². The lowest BCUT2D eigenvalue weighted by Crippen LogP contribution is -2.39. The zero-order valence-corrected chi connectivity index (χ0v) is 11.8. The zero-order valence-electron chi connectivity index (χ0n) is 11.8. The Bertz CT molecular complexity index is 446. The minimum absolute atomic E-state index is 0.453. The van der Waals surface area contributed by atoms with E-state index in [-0.39, 0.29) is 0 Å². The molecule has 98 valence electrons. The van der Waals surface area contributed by atoms with E-state index >= 15 is 0 Å². The SMILES string of the molecule is CC1CC=C2C[C@H](n3ccnc3)CC[C@]2(C)C1C. The van der Waals surface area contributed by atoms with E-state index < -0.39 is 0 Å². The smallest absolute Gasteiger partial charge is 0.0948 e. The van der Waals surface area contributed by atoms with Gasteiger partial charge in [-0.15, -0.1) is 0 Å². The first-order chi connectivity index (χ1) is 8.61. The van der Waals surface area contributed by atoms with E-state index in [0.717, 1.165) is 11.8 Å². The van der Waals surface area contributed by atoms with Crippen LogP contribution in [-0.2, 0) is 0 Å². The van der Waals surface area contributed by atoms with E-state index in [1.165, 1.54) is 25.7 Å². The van der Waals surface area contributed by atoms with Gasteiger partial charge in [0.25, 0.3) is 0 Å². The molecule has 2 unspecified atom stereocenters. The highest BCUT2D eigenvalue weighted by molar-refractivity contribution is 5.22. The molecule has 4 atom stereocenters. The third-order valence-electron chi connectivity index (χ3n) is 5.73. The van der Waals surface area contributed by atoms with Gasteiger partial charge in [-0.25, -0.2) is 4.98 Å². The van der Waals surface area contributed by atoms with E-state index in [2.05, 4.69) is 42.6 Å². The minimum Gasteiger partial charge on any atom is -0.334 e. The van der Waals surface area contributed by atoms with Gasteiger partial charge in [0, 0.05) is 18.4 Å². The summed E-state index contributed by atoms with van der Waals surface area (Å²) < 4.78 is 2.29. The Morgan fingerprint density at radius 2 is 2.22 bits per heavy atom. The number of hydrogen-bond donors (Lipinski definition) is 0. The van der Waals surface area contributed by atoms with Crippen LogP contribution in [-0.4, -0.2) is 9.55 Å². The Labute approximate surface area is 110 Å². The Hall–Kier alpha value is -1.05. The molecule has 2 aliphatic rings. The zero-order chi connectivity index (χ0) is 12.8. The van der Waals surface area contributed by atoms with Crippen molar-refractivity contribution < 1.29 is 0 Å². The molecular formula is C16H24N2. The first-order valence-corrected chi connectivity index (χ1v) is 7.28. The maximum absolute atomic E-state index is 4.19. The van der Waals surface area contributed by atoms with E-state index in [4.69, 9.17) is 0 Å². The Morgan fingerprint density at radius 1 is 1.39 bits per heavy atom. The maximum atomic E-state index is 4.19. The van der Waals surface area contributed by atoms with Crippen molar-refractivity contribution in [3.05, 3.63) is 30.4 Å². The molecule has 1 saturated carbocycles. The Kier molecular flexibility index (Phi) is 2.84. The molecule has 0 saturated heterocycles. The summed E-state index contributed by atoms with van der Waals surface area (Å²) >= 11 is 0. The number of nitrogens with zero attached hydrogens (tertiary/aromatic N) is 2. The number of aromatic nitrogens is 2. The number of imidazole rings is 1. The second kappa shape index (κ2) is 4.25. The maximum Gasteiger partial charge on any atom is 0.0948 e. The van der Waals surface area contributed by atoms with E-state index in [1.54, 1.807) is 5.57 Å². The van der Waals surface area contributed by atoms with Crippen molar-refractivity contribution in [1.29, 1.82) is 0 Å². The van der Waals surface area contributed by atoms with Crippen molar-refractivity contribution in [1.82, 2.24) is 9.55 Å². The average Bonchev–Trinajstić information content (AvgIpc) is 2.89. The first kappa shape index (κ1) is 12.0. The van der Waals surface area contributed by atoms with Crippen LogP contribution in [0.1, 0.15) is 52.5 Å². The molecule has 2 nitrogen and oxygen atoms in total. The largest absolute Gasteiger partial charge is 0.334 e. The number of hydrogen-bond acceptors (Lipinski definition) is 1. The molecule has 0 spiro atoms. The fourth-order valence-corrected chi connectivity index (χ4v) is 3.95. The lowest BCUT2D eigenvalue weighted by Gasteiger charge is -2.49. The highest BCUT2D eigenvalue weighted by Gasteiger charge is 2.43. The van der Waals surface area contributed by atoms with Gasteiger partial charge in [-0.3, -0.25) is 0 Å². The highest BCUT2D eigenvalue weighted by atomic mass is 15.1. The fraction of sp³-hybridized carbons (Fsp3) is 0.688. The molecule has 2 aliphatic carbocycles. The summed E-state index contributed by atoms with van der Waals surface area (Å²) in [7, 11) is 0. The molecule has 1 heterocycles. The molecule has 1 fully saturated rings. The van der Waals surface area contributed by atoms with Crippen molar-refractivity contribution >= 4 is 0 Å². The number of fused-ring (bicyclic) bond motifs is 1. The summed E-state index contributed by atoms with van der Waals surface area (Å²) in [6, 6.07) is 0.632. The summed E-state index contributed by atoms with van der Waals surface area (Å²) in [6.07, 6.45) is 13.6. The normalized spacial score (nSPS) is 40.2. The summed E-state index contributed by atoms with van der Waals surface area (Å²) in [5, 5.41) is 0. The van der Waals surface area contributed by atoms with Crippen LogP contribution in [0, 0.1) is 17.3 Å². The Balaban J connectivity index is 1.85. The number of rotatable bonds is 1. The molecule has 3 rings (SSSR count). The third kappa shape index (κ3) is 1.73. The van der Waals surface area contributed by atoms with Gasteiger partial charge < -0.3 is 4.57 Å². The molecule has 0 amide bonds. The third-order valence-corrected chi connectivity index (χ3v) is 5.73. The summed E-state index contributed by atoms with van der Waals surface area (Å²) in [5.41, 5.74) is 2.16. The molecule has 0 radical (unpaired) electrons. The van der Waals surface area contributed by atoms with E-state index in [1.807, 2.05) is 12.5 Å². The molecule has 1 aromatic rings. The molecule has 1 aromatic heterocycles. The Morgan fingerprint density at radius 3 is 2.94 bits per heavy atom. The van der Waals surface area contributed by atoms with Crippen LogP contribution < -0.4 is 0 Å². The van der Waals surface area contributed by atoms with Crippen molar-refractivity contribution in [2.24, 2.45) is 17.3 Å². The van der Waals surface area contributed by atoms with Gasteiger partial charge in [-0.2, -0.15) is 0 Å². The summed E-state index contributed by atoms with van der Waals surface area (Å²) in [5.74, 6) is 1.66. The topological polar surface area (TPSA) is 17.8 Å². The van der Waals surface area contributed by atoms with Gasteiger partial charge in [0.15, 0.2) is 0 Å². The van der Waals surface area contributed by atoms with Crippen LogP contribution in [0.15, 0.2) is 30.4 Å². The van der Waals surface area contributed by atoms with Gasteiger partial charge in [0.1, 0.15) is 0 Å². The van der Waals surface area contributed by atoms with Gasteiger partial charge in [0.2, 0.25) is 0 Å². The summed E-state index contributed by atoms with van der Waals surface area (Å²) in [6.45, 7) is 7.35. The molecular weight excluding hydrogens is 220 g/mol. The second-order valence-electron chi connectivity index (χ2n) is 6.56. The molecule has 0 aromatic carbocycles. The molecule has 0 bridgehead atoms. The second-order valence-corrected chi connectivity index (χ2v) is 6.56. The van der Waals surface area contributed by atoms with Crippen LogP contribution in [0.5, 0.6) is 0 Å². The quantitative estimate of drug-likeness (QED) is 0.676. The molecule has 0 N–H and O–H groups in total. The first-order valence-electron chi connectivity index (χ1n) is 7.28. The fourth-order valence-electron chi connectivity index (χ4n) is 3.95. The van der Waals surface area contributed by atoms with Crippen LogP contribution >= 0.6 is 0 Å². The van der Waals surface area contributed by atoms with Crippen molar-refractivity contribution in [2.45, 2.75) is 52.5 Å². The van der Waals surface area contributed by atoms with E-state index in [0.29, 0.717) is 11.5 Å². The van der Waals surface area contributed by atoms with Gasteiger partial charge in [-0.05, 0) is 42.9 Å². The molecule has 2 heteroatoms. The van der Waals surface area contributed by atoms with Gasteiger partial charge >= 0.3 is 0 Å². The highest BCUT2D eigenvalue weighted by Crippen LogP contribution is 2.54. The van der Waals surface area contributed by atoms with Crippen LogP contribution in [0.2, 0.25) is 0 Å². The number of allylic oxidation sites excluding steroid dienone is 2. The predicted octanol–water partition coefficient (Wildman–Crippen LogP) is 4.22. The minimum atomic E-state index is 0.453.